The van der Waals surface area contributed by atoms with E-state index in [0.717, 1.165) is 0 Å². The number of aryl methyl sites for hydroxylation is 1. The van der Waals surface area contributed by atoms with Gasteiger partial charge in [-0.05, 0) is 13.8 Å². The SMILES string of the molecule is CCN(C)S(=O)(=O)c1c(C)nn(CCN)c1C. The molecule has 7 heteroatoms. The van der Waals surface area contributed by atoms with E-state index in [-0.39, 0.29) is 0 Å². The molecule has 1 aromatic rings. The van der Waals surface area contributed by atoms with Gasteiger partial charge in [0, 0.05) is 20.1 Å². The molecule has 98 valence electrons. The molecular formula is C10H20N4O2S. The summed E-state index contributed by atoms with van der Waals surface area (Å²) in [6, 6.07) is 0. The second kappa shape index (κ2) is 5.16. The topological polar surface area (TPSA) is 81.2 Å². The molecule has 6 nitrogen and oxygen atoms in total. The van der Waals surface area contributed by atoms with Crippen molar-refractivity contribution in [1.82, 2.24) is 14.1 Å². The van der Waals surface area contributed by atoms with E-state index in [1.807, 2.05) is 0 Å². The molecule has 0 unspecified atom stereocenters. The van der Waals surface area contributed by atoms with Crippen LogP contribution in [-0.2, 0) is 16.6 Å². The third-order valence-electron chi connectivity index (χ3n) is 2.77. The molecule has 0 fully saturated rings. The van der Waals surface area contributed by atoms with Gasteiger partial charge in [0.15, 0.2) is 0 Å². The van der Waals surface area contributed by atoms with Gasteiger partial charge in [0.25, 0.3) is 0 Å². The molecule has 0 aliphatic rings. The van der Waals surface area contributed by atoms with Crippen LogP contribution in [0.25, 0.3) is 0 Å². The molecule has 1 heterocycles. The van der Waals surface area contributed by atoms with E-state index in [1.54, 1.807) is 32.5 Å². The van der Waals surface area contributed by atoms with Crippen molar-refractivity contribution in [2.24, 2.45) is 5.73 Å². The molecular weight excluding hydrogens is 240 g/mol. The second-order valence-electron chi connectivity index (χ2n) is 3.93. The monoisotopic (exact) mass is 260 g/mol. The molecule has 1 aromatic heterocycles. The Kier molecular flexibility index (Phi) is 4.29. The molecule has 0 atom stereocenters. The van der Waals surface area contributed by atoms with Crippen molar-refractivity contribution in [3.63, 3.8) is 0 Å². The van der Waals surface area contributed by atoms with Gasteiger partial charge >= 0.3 is 0 Å². The van der Waals surface area contributed by atoms with E-state index in [0.29, 0.717) is 35.9 Å². The molecule has 0 saturated heterocycles. The first-order valence-corrected chi connectivity index (χ1v) is 7.00. The van der Waals surface area contributed by atoms with Crippen molar-refractivity contribution in [2.45, 2.75) is 32.2 Å². The van der Waals surface area contributed by atoms with E-state index in [9.17, 15) is 8.42 Å². The lowest BCUT2D eigenvalue weighted by molar-refractivity contribution is 0.485. The second-order valence-corrected chi connectivity index (χ2v) is 5.91. The highest BCUT2D eigenvalue weighted by Crippen LogP contribution is 2.22. The number of sulfonamides is 1. The molecule has 0 saturated carbocycles. The van der Waals surface area contributed by atoms with Crippen molar-refractivity contribution in [2.75, 3.05) is 20.1 Å². The fourth-order valence-corrected chi connectivity index (χ4v) is 3.26. The lowest BCUT2D eigenvalue weighted by Gasteiger charge is -2.15. The Bertz CT molecular complexity index is 493. The standard InChI is InChI=1S/C10H20N4O2S/c1-5-13(4)17(15,16)10-8(2)12-14(7-6-11)9(10)3/h5-7,11H2,1-4H3. The maximum Gasteiger partial charge on any atom is 0.246 e. The predicted molar refractivity (Wildman–Crippen MR) is 66.2 cm³/mol. The lowest BCUT2D eigenvalue weighted by Crippen LogP contribution is -2.27. The number of aromatic nitrogens is 2. The highest BCUT2D eigenvalue weighted by atomic mass is 32.2. The quantitative estimate of drug-likeness (QED) is 0.814. The number of nitrogens with two attached hydrogens (primary N) is 1. The highest BCUT2D eigenvalue weighted by Gasteiger charge is 2.27. The van der Waals surface area contributed by atoms with Crippen molar-refractivity contribution in [3.8, 4) is 0 Å². The Balaban J connectivity index is 3.32. The van der Waals surface area contributed by atoms with Crippen molar-refractivity contribution in [3.05, 3.63) is 11.4 Å². The molecule has 0 aliphatic carbocycles. The van der Waals surface area contributed by atoms with Crippen LogP contribution >= 0.6 is 0 Å². The van der Waals surface area contributed by atoms with Crippen LogP contribution in [0, 0.1) is 13.8 Å². The van der Waals surface area contributed by atoms with Crippen LogP contribution in [0.2, 0.25) is 0 Å². The first-order chi connectivity index (χ1) is 7.86. The maximum absolute atomic E-state index is 12.3. The molecule has 17 heavy (non-hydrogen) atoms. The molecule has 0 bridgehead atoms. The number of hydrogen-bond acceptors (Lipinski definition) is 4. The van der Waals surface area contributed by atoms with Gasteiger partial charge in [-0.25, -0.2) is 12.7 Å². The first-order valence-electron chi connectivity index (χ1n) is 5.56. The normalized spacial score (nSPS) is 12.4. The smallest absolute Gasteiger partial charge is 0.246 e. The zero-order chi connectivity index (χ0) is 13.2. The fourth-order valence-electron chi connectivity index (χ4n) is 1.72. The van der Waals surface area contributed by atoms with Crippen molar-refractivity contribution >= 4 is 10.0 Å². The van der Waals surface area contributed by atoms with Crippen LogP contribution in [0.3, 0.4) is 0 Å². The van der Waals surface area contributed by atoms with Crippen LogP contribution in [0.4, 0.5) is 0 Å². The van der Waals surface area contributed by atoms with Gasteiger partial charge in [-0.3, -0.25) is 4.68 Å². The van der Waals surface area contributed by atoms with Crippen molar-refractivity contribution in [1.29, 1.82) is 0 Å². The summed E-state index contributed by atoms with van der Waals surface area (Å²) >= 11 is 0. The summed E-state index contributed by atoms with van der Waals surface area (Å²) in [4.78, 5) is 0.301. The third-order valence-corrected chi connectivity index (χ3v) is 4.96. The minimum Gasteiger partial charge on any atom is -0.329 e. The minimum absolute atomic E-state index is 0.301. The number of nitrogens with zero attached hydrogens (tertiary/aromatic N) is 3. The summed E-state index contributed by atoms with van der Waals surface area (Å²) in [7, 11) is -1.87. The Hall–Kier alpha value is -0.920. The summed E-state index contributed by atoms with van der Waals surface area (Å²) in [5, 5.41) is 4.21. The van der Waals surface area contributed by atoms with Gasteiger partial charge in [-0.1, -0.05) is 6.92 Å². The largest absolute Gasteiger partial charge is 0.329 e. The zero-order valence-electron chi connectivity index (χ0n) is 10.8. The van der Waals surface area contributed by atoms with E-state index < -0.39 is 10.0 Å². The van der Waals surface area contributed by atoms with E-state index in [1.165, 1.54) is 4.31 Å². The van der Waals surface area contributed by atoms with E-state index in [4.69, 9.17) is 5.73 Å². The van der Waals surface area contributed by atoms with Crippen LogP contribution in [-0.4, -0.2) is 42.6 Å². The van der Waals surface area contributed by atoms with Gasteiger partial charge < -0.3 is 5.73 Å². The van der Waals surface area contributed by atoms with E-state index >= 15 is 0 Å². The third kappa shape index (κ3) is 2.51. The highest BCUT2D eigenvalue weighted by molar-refractivity contribution is 7.89. The van der Waals surface area contributed by atoms with Crippen LogP contribution in [0.15, 0.2) is 4.90 Å². The Morgan fingerprint density at radius 1 is 1.41 bits per heavy atom. The molecule has 2 N–H and O–H groups in total. The summed E-state index contributed by atoms with van der Waals surface area (Å²) in [5.74, 6) is 0. The summed E-state index contributed by atoms with van der Waals surface area (Å²) in [6.07, 6.45) is 0. The Morgan fingerprint density at radius 2 is 2.00 bits per heavy atom. The van der Waals surface area contributed by atoms with Gasteiger partial charge in [-0.15, -0.1) is 0 Å². The number of rotatable bonds is 5. The summed E-state index contributed by atoms with van der Waals surface area (Å²) in [5.41, 5.74) is 6.63. The van der Waals surface area contributed by atoms with Gasteiger partial charge in [0.1, 0.15) is 4.90 Å². The molecule has 0 aliphatic heterocycles. The Morgan fingerprint density at radius 3 is 2.47 bits per heavy atom. The Labute approximate surface area is 102 Å². The first kappa shape index (κ1) is 14.1. The zero-order valence-corrected chi connectivity index (χ0v) is 11.6. The van der Waals surface area contributed by atoms with Crippen LogP contribution in [0.5, 0.6) is 0 Å². The minimum atomic E-state index is -3.44. The summed E-state index contributed by atoms with van der Waals surface area (Å²) in [6.45, 7) is 6.65. The van der Waals surface area contributed by atoms with Gasteiger partial charge in [0.2, 0.25) is 10.0 Å². The molecule has 0 amide bonds. The van der Waals surface area contributed by atoms with Gasteiger partial charge in [-0.2, -0.15) is 5.10 Å². The van der Waals surface area contributed by atoms with E-state index in [2.05, 4.69) is 5.10 Å². The maximum atomic E-state index is 12.3. The lowest BCUT2D eigenvalue weighted by atomic mass is 10.4. The van der Waals surface area contributed by atoms with Crippen LogP contribution in [0.1, 0.15) is 18.3 Å². The van der Waals surface area contributed by atoms with Crippen LogP contribution < -0.4 is 5.73 Å². The molecule has 0 aromatic carbocycles. The molecule has 1 rings (SSSR count). The number of hydrogen-bond donors (Lipinski definition) is 1. The average Bonchev–Trinajstić information content (AvgIpc) is 2.54. The average molecular weight is 260 g/mol. The van der Waals surface area contributed by atoms with Crippen molar-refractivity contribution < 1.29 is 8.42 Å². The predicted octanol–water partition coefficient (Wildman–Crippen LogP) is 0.0990. The fraction of sp³-hybridized carbons (Fsp3) is 0.700. The van der Waals surface area contributed by atoms with Gasteiger partial charge in [0.05, 0.1) is 17.9 Å². The molecule has 0 spiro atoms. The summed E-state index contributed by atoms with van der Waals surface area (Å²) < 4.78 is 27.5. The molecule has 0 radical (unpaired) electrons.